The first-order valence-electron chi connectivity index (χ1n) is 8.66. The molecule has 2 bridgehead atoms. The lowest BCUT2D eigenvalue weighted by Crippen LogP contribution is -2.33. The first-order chi connectivity index (χ1) is 11.7. The van der Waals surface area contributed by atoms with E-state index in [-0.39, 0.29) is 24.8 Å². The Kier molecular flexibility index (Phi) is 7.68. The molecule has 1 aromatic rings. The number of ether oxygens (including phenoxy) is 2. The van der Waals surface area contributed by atoms with Crippen molar-refractivity contribution in [3.05, 3.63) is 29.6 Å². The highest BCUT2D eigenvalue weighted by molar-refractivity contribution is 5.73. The maximum atomic E-state index is 11.9. The number of carbonyl (C=O) groups excluding carboxylic acids is 2. The standard InChI is InChI=1S/C18H26N2O4/c1-2-3-4-8-20-9-11-23-17(21)13-15-6-5-7-16(19-15)14-18(22)24-12-10-20/h5-7H,2-4,8-14H2,1H3. The Morgan fingerprint density at radius 3 is 2.12 bits per heavy atom. The third-order valence-electron chi connectivity index (χ3n) is 3.93. The molecule has 1 aliphatic rings. The average Bonchev–Trinajstić information content (AvgIpc) is 2.54. The lowest BCUT2D eigenvalue weighted by atomic mass is 10.2. The zero-order valence-electron chi connectivity index (χ0n) is 14.3. The van der Waals surface area contributed by atoms with Gasteiger partial charge in [-0.3, -0.25) is 19.5 Å². The third kappa shape index (κ3) is 6.66. The summed E-state index contributed by atoms with van der Waals surface area (Å²) in [6, 6.07) is 5.32. The number of hydrogen-bond acceptors (Lipinski definition) is 6. The Morgan fingerprint density at radius 2 is 1.58 bits per heavy atom. The van der Waals surface area contributed by atoms with Gasteiger partial charge in [-0.15, -0.1) is 0 Å². The molecule has 0 radical (unpaired) electrons. The van der Waals surface area contributed by atoms with Crippen molar-refractivity contribution >= 4 is 11.9 Å². The molecule has 24 heavy (non-hydrogen) atoms. The number of fused-ring (bicyclic) bond motifs is 2. The predicted molar refractivity (Wildman–Crippen MR) is 89.5 cm³/mol. The quantitative estimate of drug-likeness (QED) is 0.617. The molecule has 2 heterocycles. The number of pyridine rings is 1. The largest absolute Gasteiger partial charge is 0.464 e. The summed E-state index contributed by atoms with van der Waals surface area (Å²) in [4.78, 5) is 30.3. The SMILES string of the molecule is CCCCCN1CCOC(=O)Cc2cccc(n2)CC(=O)OCC1. The van der Waals surface area contributed by atoms with E-state index in [4.69, 9.17) is 9.47 Å². The van der Waals surface area contributed by atoms with Crippen LogP contribution in [0.25, 0.3) is 0 Å². The molecule has 0 aromatic carbocycles. The second-order valence-corrected chi connectivity index (χ2v) is 5.96. The summed E-state index contributed by atoms with van der Waals surface area (Å²) in [6.45, 7) is 5.08. The fourth-order valence-electron chi connectivity index (χ4n) is 2.62. The number of aromatic nitrogens is 1. The minimum atomic E-state index is -0.284. The van der Waals surface area contributed by atoms with Gasteiger partial charge in [0, 0.05) is 13.1 Å². The van der Waals surface area contributed by atoms with Crippen LogP contribution in [-0.2, 0) is 31.9 Å². The first kappa shape index (κ1) is 18.4. The summed E-state index contributed by atoms with van der Waals surface area (Å²) in [5.74, 6) is -0.569. The number of nitrogens with zero attached hydrogens (tertiary/aromatic N) is 2. The van der Waals surface area contributed by atoms with Crippen molar-refractivity contribution in [1.29, 1.82) is 0 Å². The highest BCUT2D eigenvalue weighted by atomic mass is 16.5. The molecule has 0 atom stereocenters. The summed E-state index contributed by atoms with van der Waals surface area (Å²) in [6.07, 6.45) is 3.66. The van der Waals surface area contributed by atoms with Crippen LogP contribution in [0.4, 0.5) is 0 Å². The van der Waals surface area contributed by atoms with Gasteiger partial charge in [0.2, 0.25) is 0 Å². The van der Waals surface area contributed by atoms with E-state index in [1.54, 1.807) is 18.2 Å². The lowest BCUT2D eigenvalue weighted by molar-refractivity contribution is -0.143. The van der Waals surface area contributed by atoms with Crippen molar-refractivity contribution in [2.24, 2.45) is 0 Å². The fourth-order valence-corrected chi connectivity index (χ4v) is 2.62. The maximum Gasteiger partial charge on any atom is 0.311 e. The van der Waals surface area contributed by atoms with Crippen molar-refractivity contribution < 1.29 is 19.1 Å². The normalized spacial score (nSPS) is 17.7. The number of esters is 2. The molecule has 0 saturated heterocycles. The maximum absolute atomic E-state index is 11.9. The first-order valence-corrected chi connectivity index (χ1v) is 8.66. The van der Waals surface area contributed by atoms with E-state index in [1.165, 1.54) is 0 Å². The second kappa shape index (κ2) is 10.0. The average molecular weight is 334 g/mol. The molecule has 0 unspecified atom stereocenters. The van der Waals surface area contributed by atoms with Crippen molar-refractivity contribution in [3.8, 4) is 0 Å². The molecule has 0 amide bonds. The Balaban J connectivity index is 1.98. The van der Waals surface area contributed by atoms with Crippen LogP contribution >= 0.6 is 0 Å². The van der Waals surface area contributed by atoms with Gasteiger partial charge in [-0.2, -0.15) is 0 Å². The van der Waals surface area contributed by atoms with Crippen LogP contribution in [0, 0.1) is 0 Å². The molecule has 0 N–H and O–H groups in total. The van der Waals surface area contributed by atoms with E-state index in [9.17, 15) is 9.59 Å². The van der Waals surface area contributed by atoms with Gasteiger partial charge in [0.05, 0.1) is 24.2 Å². The zero-order chi connectivity index (χ0) is 17.2. The topological polar surface area (TPSA) is 68.7 Å². The van der Waals surface area contributed by atoms with Crippen LogP contribution in [0.3, 0.4) is 0 Å². The summed E-state index contributed by atoms with van der Waals surface area (Å²) in [5, 5.41) is 0. The van der Waals surface area contributed by atoms with E-state index < -0.39 is 0 Å². The van der Waals surface area contributed by atoms with E-state index in [1.807, 2.05) is 0 Å². The predicted octanol–water partition coefficient (Wildman–Crippen LogP) is 1.76. The van der Waals surface area contributed by atoms with Gasteiger partial charge in [0.15, 0.2) is 0 Å². The molecular formula is C18H26N2O4. The molecule has 132 valence electrons. The molecule has 1 aliphatic heterocycles. The molecule has 1 aromatic heterocycles. The number of unbranched alkanes of at least 4 members (excludes halogenated alkanes) is 2. The van der Waals surface area contributed by atoms with Crippen molar-refractivity contribution in [2.75, 3.05) is 32.8 Å². The van der Waals surface area contributed by atoms with Crippen molar-refractivity contribution in [3.63, 3.8) is 0 Å². The molecule has 0 aliphatic carbocycles. The smallest absolute Gasteiger partial charge is 0.311 e. The van der Waals surface area contributed by atoms with Crippen LogP contribution in [-0.4, -0.2) is 54.7 Å². The Labute approximate surface area is 143 Å². The Hall–Kier alpha value is -1.95. The minimum absolute atomic E-state index is 0.124. The summed E-state index contributed by atoms with van der Waals surface area (Å²) >= 11 is 0. The summed E-state index contributed by atoms with van der Waals surface area (Å²) < 4.78 is 10.6. The number of carbonyl (C=O) groups is 2. The van der Waals surface area contributed by atoms with Gasteiger partial charge in [0.25, 0.3) is 0 Å². The van der Waals surface area contributed by atoms with Crippen molar-refractivity contribution in [2.45, 2.75) is 39.0 Å². The lowest BCUT2D eigenvalue weighted by Gasteiger charge is -2.22. The summed E-state index contributed by atoms with van der Waals surface area (Å²) in [7, 11) is 0. The van der Waals surface area contributed by atoms with Crippen LogP contribution < -0.4 is 0 Å². The van der Waals surface area contributed by atoms with Gasteiger partial charge in [0.1, 0.15) is 13.2 Å². The van der Waals surface area contributed by atoms with E-state index in [0.717, 1.165) is 25.8 Å². The molecule has 0 spiro atoms. The summed E-state index contributed by atoms with van der Waals surface area (Å²) in [5.41, 5.74) is 1.23. The Morgan fingerprint density at radius 1 is 1.00 bits per heavy atom. The van der Waals surface area contributed by atoms with Crippen molar-refractivity contribution in [1.82, 2.24) is 9.88 Å². The Bertz CT molecular complexity index is 508. The van der Waals surface area contributed by atoms with Gasteiger partial charge in [-0.1, -0.05) is 25.8 Å². The molecule has 0 saturated carbocycles. The second-order valence-electron chi connectivity index (χ2n) is 5.96. The molecule has 2 rings (SSSR count). The van der Waals surface area contributed by atoms with Crippen LogP contribution in [0.15, 0.2) is 18.2 Å². The number of rotatable bonds is 4. The van der Waals surface area contributed by atoms with Crippen LogP contribution in [0.1, 0.15) is 37.6 Å². The third-order valence-corrected chi connectivity index (χ3v) is 3.93. The van der Waals surface area contributed by atoms with E-state index in [2.05, 4.69) is 16.8 Å². The molecule has 0 fully saturated rings. The zero-order valence-corrected chi connectivity index (χ0v) is 14.3. The van der Waals surface area contributed by atoms with Gasteiger partial charge >= 0.3 is 11.9 Å². The van der Waals surface area contributed by atoms with E-state index in [0.29, 0.717) is 37.7 Å². The highest BCUT2D eigenvalue weighted by Gasteiger charge is 2.13. The molecule has 6 heteroatoms. The minimum Gasteiger partial charge on any atom is -0.464 e. The fraction of sp³-hybridized carbons (Fsp3) is 0.611. The molecular weight excluding hydrogens is 308 g/mol. The molecule has 6 nitrogen and oxygen atoms in total. The highest BCUT2D eigenvalue weighted by Crippen LogP contribution is 2.05. The van der Waals surface area contributed by atoms with Crippen LogP contribution in [0.5, 0.6) is 0 Å². The van der Waals surface area contributed by atoms with Gasteiger partial charge in [-0.25, -0.2) is 0 Å². The number of cyclic esters (lactones) is 2. The van der Waals surface area contributed by atoms with Gasteiger partial charge in [-0.05, 0) is 25.1 Å². The van der Waals surface area contributed by atoms with Gasteiger partial charge < -0.3 is 9.47 Å². The number of hydrogen-bond donors (Lipinski definition) is 0. The van der Waals surface area contributed by atoms with E-state index >= 15 is 0 Å². The van der Waals surface area contributed by atoms with Crippen LogP contribution in [0.2, 0.25) is 0 Å². The monoisotopic (exact) mass is 334 g/mol.